The molecule has 7 heteroatoms. The maximum Gasteiger partial charge on any atom is 0.136 e. The Labute approximate surface area is 178 Å². The SMILES string of the molecule is C=Cc1ccc(C2NNC3CNC(c4cccnc4)CC32)nc1N1CCC[C@H](N)C1. The molecular formula is C23H31N7. The Morgan fingerprint density at radius 3 is 2.97 bits per heavy atom. The van der Waals surface area contributed by atoms with E-state index in [0.29, 0.717) is 18.0 Å². The van der Waals surface area contributed by atoms with Gasteiger partial charge in [-0.15, -0.1) is 0 Å². The first-order valence-corrected chi connectivity index (χ1v) is 11.0. The van der Waals surface area contributed by atoms with Gasteiger partial charge in [-0.25, -0.2) is 10.4 Å². The molecule has 0 bridgehead atoms. The summed E-state index contributed by atoms with van der Waals surface area (Å²) in [6, 6.07) is 9.55. The van der Waals surface area contributed by atoms with Crippen LogP contribution in [-0.2, 0) is 0 Å². The number of aromatic nitrogens is 2. The van der Waals surface area contributed by atoms with Gasteiger partial charge in [-0.1, -0.05) is 18.7 Å². The second-order valence-corrected chi connectivity index (χ2v) is 8.72. The van der Waals surface area contributed by atoms with Crippen LogP contribution in [0.15, 0.2) is 43.2 Å². The van der Waals surface area contributed by atoms with Gasteiger partial charge in [-0.3, -0.25) is 10.4 Å². The number of hydrogen-bond acceptors (Lipinski definition) is 7. The van der Waals surface area contributed by atoms with Crippen molar-refractivity contribution >= 4 is 11.9 Å². The van der Waals surface area contributed by atoms with Crippen molar-refractivity contribution in [3.8, 4) is 0 Å². The maximum absolute atomic E-state index is 6.24. The predicted molar refractivity (Wildman–Crippen MR) is 120 cm³/mol. The van der Waals surface area contributed by atoms with E-state index in [1.54, 1.807) is 0 Å². The van der Waals surface area contributed by atoms with E-state index in [1.807, 2.05) is 24.5 Å². The zero-order valence-electron chi connectivity index (χ0n) is 17.3. The molecule has 0 spiro atoms. The first-order chi connectivity index (χ1) is 14.7. The molecule has 5 atom stereocenters. The Morgan fingerprint density at radius 1 is 1.23 bits per heavy atom. The van der Waals surface area contributed by atoms with Crippen LogP contribution >= 0.6 is 0 Å². The minimum absolute atomic E-state index is 0.173. The summed E-state index contributed by atoms with van der Waals surface area (Å²) >= 11 is 0. The van der Waals surface area contributed by atoms with E-state index < -0.39 is 0 Å². The zero-order valence-corrected chi connectivity index (χ0v) is 17.3. The second-order valence-electron chi connectivity index (χ2n) is 8.72. The molecule has 5 heterocycles. The normalized spacial score (nSPS) is 31.4. The fraction of sp³-hybridized carbons (Fsp3) is 0.478. The number of fused-ring (bicyclic) bond motifs is 1. The van der Waals surface area contributed by atoms with Crippen molar-refractivity contribution in [2.24, 2.45) is 11.7 Å². The molecule has 3 fully saturated rings. The topological polar surface area (TPSA) is 91.1 Å². The second kappa shape index (κ2) is 8.43. The smallest absolute Gasteiger partial charge is 0.136 e. The summed E-state index contributed by atoms with van der Waals surface area (Å²) in [5.74, 6) is 1.47. The number of nitrogens with two attached hydrogens (primary N) is 1. The molecule has 3 saturated heterocycles. The summed E-state index contributed by atoms with van der Waals surface area (Å²) in [5, 5.41) is 3.67. The van der Waals surface area contributed by atoms with Gasteiger partial charge in [-0.2, -0.15) is 0 Å². The molecule has 158 valence electrons. The Kier molecular flexibility index (Phi) is 5.52. The summed E-state index contributed by atoms with van der Waals surface area (Å²) in [5.41, 5.74) is 16.7. The highest BCUT2D eigenvalue weighted by atomic mass is 15.4. The van der Waals surface area contributed by atoms with E-state index in [2.05, 4.69) is 50.8 Å². The Morgan fingerprint density at radius 2 is 2.17 bits per heavy atom. The van der Waals surface area contributed by atoms with Crippen LogP contribution in [0.4, 0.5) is 5.82 Å². The fourth-order valence-corrected chi connectivity index (χ4v) is 5.16. The Balaban J connectivity index is 1.41. The lowest BCUT2D eigenvalue weighted by molar-refractivity contribution is 0.265. The lowest BCUT2D eigenvalue weighted by Gasteiger charge is -2.35. The van der Waals surface area contributed by atoms with E-state index in [9.17, 15) is 0 Å². The van der Waals surface area contributed by atoms with Gasteiger partial charge >= 0.3 is 0 Å². The van der Waals surface area contributed by atoms with E-state index in [0.717, 1.165) is 56.0 Å². The lowest BCUT2D eigenvalue weighted by Crippen LogP contribution is -2.46. The number of hydrazine groups is 1. The van der Waals surface area contributed by atoms with Gasteiger partial charge in [-0.05, 0) is 43.0 Å². The standard InChI is InChI=1S/C23H31N7/c1-2-15-7-8-19(27-23(15)30-10-4-6-17(24)14-30)22-18-11-20(16-5-3-9-25-12-16)26-13-21(18)28-29-22/h2-3,5,7-9,12,17-18,20-22,26,28-29H,1,4,6,10-11,13-14,24H2/t17-,18?,20?,21?,22?/m0/s1. The third kappa shape index (κ3) is 3.74. The van der Waals surface area contributed by atoms with Gasteiger partial charge in [0.1, 0.15) is 5.82 Å². The van der Waals surface area contributed by atoms with Crippen molar-refractivity contribution in [3.05, 3.63) is 60.1 Å². The lowest BCUT2D eigenvalue weighted by atomic mass is 9.81. The highest BCUT2D eigenvalue weighted by molar-refractivity contribution is 5.63. The molecule has 2 aromatic heterocycles. The van der Waals surface area contributed by atoms with Crippen molar-refractivity contribution in [1.29, 1.82) is 0 Å². The van der Waals surface area contributed by atoms with Gasteiger partial charge in [0.05, 0.1) is 11.7 Å². The van der Waals surface area contributed by atoms with Gasteiger partial charge in [0, 0.05) is 61.6 Å². The van der Waals surface area contributed by atoms with E-state index in [4.69, 9.17) is 10.7 Å². The molecule has 0 aliphatic carbocycles. The van der Waals surface area contributed by atoms with Crippen LogP contribution in [0.2, 0.25) is 0 Å². The van der Waals surface area contributed by atoms with E-state index in [1.165, 1.54) is 5.56 Å². The van der Waals surface area contributed by atoms with Crippen molar-refractivity contribution < 1.29 is 0 Å². The van der Waals surface area contributed by atoms with Gasteiger partial charge in [0.25, 0.3) is 0 Å². The molecule has 0 saturated carbocycles. The van der Waals surface area contributed by atoms with Crippen LogP contribution in [-0.4, -0.2) is 41.7 Å². The molecule has 0 radical (unpaired) electrons. The average Bonchev–Trinajstić information content (AvgIpc) is 3.22. The number of anilines is 1. The van der Waals surface area contributed by atoms with Crippen LogP contribution in [0.25, 0.3) is 6.08 Å². The quantitative estimate of drug-likeness (QED) is 0.618. The third-order valence-electron chi connectivity index (χ3n) is 6.77. The molecule has 0 aromatic carbocycles. The molecule has 5 rings (SSSR count). The van der Waals surface area contributed by atoms with Crippen LogP contribution in [0.3, 0.4) is 0 Å². The van der Waals surface area contributed by atoms with Gasteiger partial charge < -0.3 is 16.0 Å². The van der Waals surface area contributed by atoms with E-state index >= 15 is 0 Å². The third-order valence-corrected chi connectivity index (χ3v) is 6.77. The van der Waals surface area contributed by atoms with Gasteiger partial charge in [0.15, 0.2) is 0 Å². The monoisotopic (exact) mass is 405 g/mol. The molecule has 3 aliphatic rings. The summed E-state index contributed by atoms with van der Waals surface area (Å²) in [4.78, 5) is 11.8. The Bertz CT molecular complexity index is 886. The minimum Gasteiger partial charge on any atom is -0.355 e. The van der Waals surface area contributed by atoms with Crippen LogP contribution < -0.4 is 26.8 Å². The number of hydrogen-bond donors (Lipinski definition) is 4. The molecule has 7 nitrogen and oxygen atoms in total. The maximum atomic E-state index is 6.24. The van der Waals surface area contributed by atoms with Crippen molar-refractivity contribution in [1.82, 2.24) is 26.1 Å². The summed E-state index contributed by atoms with van der Waals surface area (Å²) in [7, 11) is 0. The van der Waals surface area contributed by atoms with Crippen LogP contribution in [0, 0.1) is 5.92 Å². The summed E-state index contributed by atoms with van der Waals surface area (Å²) in [6.07, 6.45) is 8.93. The molecule has 2 aromatic rings. The minimum atomic E-state index is 0.173. The summed E-state index contributed by atoms with van der Waals surface area (Å²) in [6.45, 7) is 6.78. The molecule has 4 unspecified atom stereocenters. The number of rotatable bonds is 4. The zero-order chi connectivity index (χ0) is 20.5. The molecule has 30 heavy (non-hydrogen) atoms. The van der Waals surface area contributed by atoms with E-state index in [-0.39, 0.29) is 12.1 Å². The number of nitrogens with one attached hydrogen (secondary N) is 3. The Hall–Kier alpha value is -2.32. The highest BCUT2D eigenvalue weighted by Gasteiger charge is 2.42. The fourth-order valence-electron chi connectivity index (χ4n) is 5.16. The predicted octanol–water partition coefficient (Wildman–Crippen LogP) is 1.92. The molecule has 5 N–H and O–H groups in total. The number of piperidine rings is 2. The number of nitrogens with zero attached hydrogens (tertiary/aromatic N) is 3. The van der Waals surface area contributed by atoms with Crippen molar-refractivity contribution in [2.75, 3.05) is 24.5 Å². The van der Waals surface area contributed by atoms with Crippen molar-refractivity contribution in [2.45, 2.75) is 43.4 Å². The number of pyridine rings is 2. The average molecular weight is 406 g/mol. The van der Waals surface area contributed by atoms with Crippen LogP contribution in [0.1, 0.15) is 48.2 Å². The molecule has 0 amide bonds. The summed E-state index contributed by atoms with van der Waals surface area (Å²) < 4.78 is 0. The van der Waals surface area contributed by atoms with Crippen LogP contribution in [0.5, 0.6) is 0 Å². The van der Waals surface area contributed by atoms with Gasteiger partial charge in [0.2, 0.25) is 0 Å². The first-order valence-electron chi connectivity index (χ1n) is 11.0. The first kappa shape index (κ1) is 19.6. The van der Waals surface area contributed by atoms with Crippen molar-refractivity contribution in [3.63, 3.8) is 0 Å². The molecule has 3 aliphatic heterocycles. The largest absolute Gasteiger partial charge is 0.355 e. The molecular weight excluding hydrogens is 374 g/mol. The highest BCUT2D eigenvalue weighted by Crippen LogP contribution is 2.38.